The van der Waals surface area contributed by atoms with Crippen LogP contribution in [-0.2, 0) is 0 Å². The van der Waals surface area contributed by atoms with Gasteiger partial charge in [0, 0.05) is 18.6 Å². The predicted octanol–water partition coefficient (Wildman–Crippen LogP) is 2.80. The van der Waals surface area contributed by atoms with Crippen molar-refractivity contribution in [3.63, 3.8) is 0 Å². The van der Waals surface area contributed by atoms with Crippen LogP contribution in [0.1, 0.15) is 31.9 Å². The van der Waals surface area contributed by atoms with Crippen molar-refractivity contribution >= 4 is 0 Å². The van der Waals surface area contributed by atoms with Crippen LogP contribution in [0.5, 0.6) is 0 Å². The molecule has 0 spiro atoms. The van der Waals surface area contributed by atoms with Gasteiger partial charge in [0.05, 0.1) is 0 Å². The number of nitrogens with two attached hydrogens (primary N) is 1. The Bertz CT molecular complexity index is 388. The van der Waals surface area contributed by atoms with Crippen LogP contribution in [0.2, 0.25) is 0 Å². The first-order valence-electron chi connectivity index (χ1n) is 6.70. The fraction of sp³-hybridized carbons (Fsp3) is 0.600. The standard InChI is InChI=1S/C15H23FN2/c1-10-8-13(10)9-18(3)15(11(2)17)12-4-6-14(16)7-5-12/h4-7,10-11,13,15H,8-9,17H2,1-3H3. The lowest BCUT2D eigenvalue weighted by Crippen LogP contribution is -2.38. The maximum absolute atomic E-state index is 13.0. The van der Waals surface area contributed by atoms with Crippen LogP contribution < -0.4 is 5.73 Å². The molecule has 0 bridgehead atoms. The van der Waals surface area contributed by atoms with E-state index in [1.807, 2.05) is 19.1 Å². The molecule has 3 heteroatoms. The molecule has 2 nitrogen and oxygen atoms in total. The van der Waals surface area contributed by atoms with Crippen molar-refractivity contribution < 1.29 is 4.39 Å². The molecule has 4 atom stereocenters. The Hall–Kier alpha value is -0.930. The molecule has 1 fully saturated rings. The quantitative estimate of drug-likeness (QED) is 0.870. The Morgan fingerprint density at radius 1 is 1.39 bits per heavy atom. The molecule has 0 amide bonds. The fourth-order valence-electron chi connectivity index (χ4n) is 2.76. The van der Waals surface area contributed by atoms with Crippen LogP contribution >= 0.6 is 0 Å². The van der Waals surface area contributed by atoms with E-state index in [2.05, 4.69) is 18.9 Å². The Balaban J connectivity index is 2.09. The minimum atomic E-state index is -0.194. The summed E-state index contributed by atoms with van der Waals surface area (Å²) in [6, 6.07) is 6.91. The maximum Gasteiger partial charge on any atom is 0.123 e. The van der Waals surface area contributed by atoms with E-state index in [9.17, 15) is 4.39 Å². The van der Waals surface area contributed by atoms with Gasteiger partial charge in [0.1, 0.15) is 5.82 Å². The van der Waals surface area contributed by atoms with E-state index in [1.165, 1.54) is 18.6 Å². The largest absolute Gasteiger partial charge is 0.326 e. The zero-order valence-electron chi connectivity index (χ0n) is 11.4. The summed E-state index contributed by atoms with van der Waals surface area (Å²) in [5.74, 6) is 1.45. The van der Waals surface area contributed by atoms with Gasteiger partial charge in [-0.25, -0.2) is 4.39 Å². The minimum absolute atomic E-state index is 0.0366. The highest BCUT2D eigenvalue weighted by Crippen LogP contribution is 2.39. The molecule has 0 radical (unpaired) electrons. The highest BCUT2D eigenvalue weighted by molar-refractivity contribution is 5.21. The van der Waals surface area contributed by atoms with Gasteiger partial charge in [-0.05, 0) is 49.9 Å². The summed E-state index contributed by atoms with van der Waals surface area (Å²) in [6.07, 6.45) is 1.32. The molecule has 2 N–H and O–H groups in total. The van der Waals surface area contributed by atoms with E-state index >= 15 is 0 Å². The first-order valence-corrected chi connectivity index (χ1v) is 6.70. The molecule has 0 aromatic heterocycles. The van der Waals surface area contributed by atoms with Crippen LogP contribution in [0.3, 0.4) is 0 Å². The average molecular weight is 250 g/mol. The molecule has 2 rings (SSSR count). The Labute approximate surface area is 109 Å². The van der Waals surface area contributed by atoms with Crippen LogP contribution in [0, 0.1) is 17.7 Å². The molecule has 1 saturated carbocycles. The lowest BCUT2D eigenvalue weighted by atomic mass is 9.99. The molecule has 4 unspecified atom stereocenters. The Morgan fingerprint density at radius 2 is 1.94 bits per heavy atom. The van der Waals surface area contributed by atoms with Crippen molar-refractivity contribution in [3.05, 3.63) is 35.6 Å². The molecule has 0 saturated heterocycles. The van der Waals surface area contributed by atoms with Crippen molar-refractivity contribution in [2.75, 3.05) is 13.6 Å². The first kappa shape index (κ1) is 13.5. The van der Waals surface area contributed by atoms with Gasteiger partial charge in [0.2, 0.25) is 0 Å². The molecule has 0 aliphatic heterocycles. The van der Waals surface area contributed by atoms with E-state index < -0.39 is 0 Å². The summed E-state index contributed by atoms with van der Waals surface area (Å²) < 4.78 is 13.0. The van der Waals surface area contributed by atoms with Crippen molar-refractivity contribution in [1.29, 1.82) is 0 Å². The Morgan fingerprint density at radius 3 is 2.39 bits per heavy atom. The number of rotatable bonds is 5. The summed E-state index contributed by atoms with van der Waals surface area (Å²) >= 11 is 0. The van der Waals surface area contributed by atoms with Gasteiger partial charge in [0.15, 0.2) is 0 Å². The van der Waals surface area contributed by atoms with E-state index in [0.29, 0.717) is 0 Å². The van der Waals surface area contributed by atoms with Crippen LogP contribution in [0.15, 0.2) is 24.3 Å². The van der Waals surface area contributed by atoms with Crippen LogP contribution in [-0.4, -0.2) is 24.5 Å². The second-order valence-corrected chi connectivity index (χ2v) is 5.77. The number of nitrogens with zero attached hydrogens (tertiary/aromatic N) is 1. The van der Waals surface area contributed by atoms with Gasteiger partial charge < -0.3 is 5.73 Å². The maximum atomic E-state index is 13.0. The zero-order valence-corrected chi connectivity index (χ0v) is 11.4. The molecule has 1 aromatic rings. The third-order valence-electron chi connectivity index (χ3n) is 3.98. The van der Waals surface area contributed by atoms with Crippen LogP contribution in [0.25, 0.3) is 0 Å². The van der Waals surface area contributed by atoms with Gasteiger partial charge >= 0.3 is 0 Å². The number of hydrogen-bond acceptors (Lipinski definition) is 2. The normalized spacial score (nSPS) is 26.1. The van der Waals surface area contributed by atoms with Crippen molar-refractivity contribution in [1.82, 2.24) is 4.90 Å². The monoisotopic (exact) mass is 250 g/mol. The van der Waals surface area contributed by atoms with E-state index in [4.69, 9.17) is 5.73 Å². The molecule has 1 aliphatic rings. The Kier molecular flexibility index (Phi) is 4.03. The van der Waals surface area contributed by atoms with E-state index in [0.717, 1.165) is 23.9 Å². The van der Waals surface area contributed by atoms with E-state index in [1.54, 1.807) is 0 Å². The van der Waals surface area contributed by atoms with Gasteiger partial charge in [-0.2, -0.15) is 0 Å². The molecule has 0 heterocycles. The average Bonchev–Trinajstić information content (AvgIpc) is 2.97. The number of benzene rings is 1. The molecule has 100 valence electrons. The molecule has 18 heavy (non-hydrogen) atoms. The molecule has 1 aliphatic carbocycles. The summed E-state index contributed by atoms with van der Waals surface area (Å²) in [7, 11) is 2.11. The lowest BCUT2D eigenvalue weighted by Gasteiger charge is -2.31. The zero-order chi connectivity index (χ0) is 13.3. The molecular weight excluding hydrogens is 227 g/mol. The van der Waals surface area contributed by atoms with Crippen LogP contribution in [0.4, 0.5) is 4.39 Å². The topological polar surface area (TPSA) is 29.3 Å². The number of hydrogen-bond donors (Lipinski definition) is 1. The van der Waals surface area contributed by atoms with Gasteiger partial charge in [-0.3, -0.25) is 4.90 Å². The smallest absolute Gasteiger partial charge is 0.123 e. The van der Waals surface area contributed by atoms with Gasteiger partial charge in [-0.1, -0.05) is 19.1 Å². The van der Waals surface area contributed by atoms with Gasteiger partial charge in [-0.15, -0.1) is 0 Å². The second kappa shape index (κ2) is 5.37. The highest BCUT2D eigenvalue weighted by Gasteiger charge is 2.35. The second-order valence-electron chi connectivity index (χ2n) is 5.77. The number of halogens is 1. The van der Waals surface area contributed by atoms with Crippen molar-refractivity contribution in [3.8, 4) is 0 Å². The summed E-state index contributed by atoms with van der Waals surface area (Å²) in [4.78, 5) is 2.31. The summed E-state index contributed by atoms with van der Waals surface area (Å²) in [5.41, 5.74) is 7.20. The summed E-state index contributed by atoms with van der Waals surface area (Å²) in [5, 5.41) is 0. The molecular formula is C15H23FN2. The predicted molar refractivity (Wildman–Crippen MR) is 72.7 cm³/mol. The third-order valence-corrected chi connectivity index (χ3v) is 3.98. The van der Waals surface area contributed by atoms with Gasteiger partial charge in [0.25, 0.3) is 0 Å². The molecule has 1 aromatic carbocycles. The number of likely N-dealkylation sites (N-methyl/N-ethyl adjacent to an activating group) is 1. The minimum Gasteiger partial charge on any atom is -0.326 e. The highest BCUT2D eigenvalue weighted by atomic mass is 19.1. The summed E-state index contributed by atoms with van der Waals surface area (Å²) in [6.45, 7) is 5.38. The fourth-order valence-corrected chi connectivity index (χ4v) is 2.76. The van der Waals surface area contributed by atoms with Crippen molar-refractivity contribution in [2.24, 2.45) is 17.6 Å². The third kappa shape index (κ3) is 3.09. The first-order chi connectivity index (χ1) is 8.49. The van der Waals surface area contributed by atoms with Crippen molar-refractivity contribution in [2.45, 2.75) is 32.4 Å². The SMILES string of the molecule is CC(N)C(c1ccc(F)cc1)N(C)CC1CC1C. The lowest BCUT2D eigenvalue weighted by molar-refractivity contribution is 0.208. The van der Waals surface area contributed by atoms with E-state index in [-0.39, 0.29) is 17.9 Å².